The van der Waals surface area contributed by atoms with Crippen LogP contribution in [0.3, 0.4) is 0 Å². The highest BCUT2D eigenvalue weighted by Crippen LogP contribution is 2.29. The number of piperazine rings is 1. The summed E-state index contributed by atoms with van der Waals surface area (Å²) in [6.07, 6.45) is -0.634. The molecule has 0 atom stereocenters. The number of anilines is 2. The molecule has 11 heteroatoms. The van der Waals surface area contributed by atoms with Crippen LogP contribution < -0.4 is 10.6 Å². The first-order valence-electron chi connectivity index (χ1n) is 7.63. The Labute approximate surface area is 166 Å². The number of nitrogens with two attached hydrogens (primary N) is 1. The highest BCUT2D eigenvalue weighted by Gasteiger charge is 2.31. The molecule has 1 fully saturated rings. The minimum atomic E-state index is -4.40. The Balaban J connectivity index is 0.00000182. The number of carbonyl (C=O) groups excluding carboxylic acids is 1. The van der Waals surface area contributed by atoms with Gasteiger partial charge in [-0.15, -0.1) is 24.8 Å². The highest BCUT2D eigenvalue weighted by molar-refractivity contribution is 5.98. The molecule has 0 radical (unpaired) electrons. The largest absolute Gasteiger partial charge is 0.417 e. The summed E-state index contributed by atoms with van der Waals surface area (Å²) in [5.74, 6) is 0.256. The van der Waals surface area contributed by atoms with Gasteiger partial charge >= 0.3 is 6.18 Å². The zero-order valence-corrected chi connectivity index (χ0v) is 15.7. The zero-order valence-electron chi connectivity index (χ0n) is 14.0. The van der Waals surface area contributed by atoms with Crippen molar-refractivity contribution in [1.29, 1.82) is 0 Å². The molecule has 27 heavy (non-hydrogen) atoms. The van der Waals surface area contributed by atoms with Crippen LogP contribution in [-0.2, 0) is 6.18 Å². The summed E-state index contributed by atoms with van der Waals surface area (Å²) >= 11 is 0. The molecule has 0 spiro atoms. The predicted octanol–water partition coefficient (Wildman–Crippen LogP) is 2.88. The normalized spacial score (nSPS) is 14.2. The number of nitrogen functional groups attached to an aromatic ring is 1. The second-order valence-corrected chi connectivity index (χ2v) is 5.65. The Morgan fingerprint density at radius 2 is 1.70 bits per heavy atom. The van der Waals surface area contributed by atoms with Crippen molar-refractivity contribution in [3.05, 3.63) is 47.9 Å². The molecule has 1 amide bonds. The third-order valence-electron chi connectivity index (χ3n) is 4.05. The second-order valence-electron chi connectivity index (χ2n) is 5.65. The average Bonchev–Trinajstić information content (AvgIpc) is 2.61. The van der Waals surface area contributed by atoms with Crippen molar-refractivity contribution in [2.75, 3.05) is 36.8 Å². The maximum Gasteiger partial charge on any atom is 0.417 e. The molecule has 0 aromatic carbocycles. The first-order chi connectivity index (χ1) is 11.9. The van der Waals surface area contributed by atoms with Crippen molar-refractivity contribution >= 4 is 42.2 Å². The van der Waals surface area contributed by atoms with E-state index < -0.39 is 11.7 Å². The molecule has 6 nitrogen and oxygen atoms in total. The summed E-state index contributed by atoms with van der Waals surface area (Å²) in [4.78, 5) is 23.8. The molecule has 1 aliphatic rings. The summed E-state index contributed by atoms with van der Waals surface area (Å²) in [7, 11) is 0. The number of pyridine rings is 2. The van der Waals surface area contributed by atoms with Crippen molar-refractivity contribution in [2.45, 2.75) is 6.18 Å². The van der Waals surface area contributed by atoms with Gasteiger partial charge < -0.3 is 15.5 Å². The van der Waals surface area contributed by atoms with E-state index in [0.29, 0.717) is 43.2 Å². The maximum absolute atomic E-state index is 12.6. The van der Waals surface area contributed by atoms with Gasteiger partial charge in [-0.25, -0.2) is 4.98 Å². The molecule has 2 aromatic rings. The lowest BCUT2D eigenvalue weighted by Crippen LogP contribution is -2.49. The van der Waals surface area contributed by atoms with E-state index in [0.717, 1.165) is 12.3 Å². The molecule has 3 rings (SSSR count). The molecule has 0 saturated carbocycles. The standard InChI is InChI=1S/C16H16F3N5O.2ClH/c17-16(18,19)11-1-2-14(22-9-11)23-5-7-24(8-6-23)15(25)12-10-21-4-3-13(12)20;;/h1-4,9-10H,5-8H2,(H2,20,21);2*1H. The lowest BCUT2D eigenvalue weighted by atomic mass is 10.2. The molecular formula is C16H18Cl2F3N5O. The van der Waals surface area contributed by atoms with Gasteiger partial charge in [-0.3, -0.25) is 9.78 Å². The van der Waals surface area contributed by atoms with E-state index in [1.165, 1.54) is 18.5 Å². The van der Waals surface area contributed by atoms with Crippen molar-refractivity contribution < 1.29 is 18.0 Å². The van der Waals surface area contributed by atoms with Gasteiger partial charge in [0.1, 0.15) is 5.82 Å². The zero-order chi connectivity index (χ0) is 18.0. The molecule has 3 heterocycles. The molecule has 148 valence electrons. The van der Waals surface area contributed by atoms with Crippen molar-refractivity contribution in [1.82, 2.24) is 14.9 Å². The van der Waals surface area contributed by atoms with Gasteiger partial charge in [0.2, 0.25) is 0 Å². The molecule has 0 aliphatic carbocycles. The van der Waals surface area contributed by atoms with Crippen LogP contribution >= 0.6 is 24.8 Å². The van der Waals surface area contributed by atoms with Crippen LogP contribution in [0.15, 0.2) is 36.8 Å². The van der Waals surface area contributed by atoms with Crippen LogP contribution in [-0.4, -0.2) is 47.0 Å². The van der Waals surface area contributed by atoms with Crippen molar-refractivity contribution in [2.24, 2.45) is 0 Å². The second kappa shape index (κ2) is 9.09. The SMILES string of the molecule is Cl.Cl.Nc1ccncc1C(=O)N1CCN(c2ccc(C(F)(F)F)cn2)CC1. The Morgan fingerprint density at radius 1 is 1.04 bits per heavy atom. The van der Waals surface area contributed by atoms with Gasteiger partial charge in [0, 0.05) is 50.5 Å². The quantitative estimate of drug-likeness (QED) is 0.803. The summed E-state index contributed by atoms with van der Waals surface area (Å²) in [6, 6.07) is 3.92. The molecule has 2 N–H and O–H groups in total. The van der Waals surface area contributed by atoms with Crippen LogP contribution in [0.5, 0.6) is 0 Å². The number of hydrogen-bond acceptors (Lipinski definition) is 5. The number of halogens is 5. The van der Waals surface area contributed by atoms with Gasteiger partial charge in [0.15, 0.2) is 0 Å². The first kappa shape index (κ1) is 22.8. The molecule has 0 bridgehead atoms. The third-order valence-corrected chi connectivity index (χ3v) is 4.05. The van der Waals surface area contributed by atoms with E-state index in [-0.39, 0.29) is 30.7 Å². The number of alkyl halides is 3. The number of carbonyl (C=O) groups is 1. The van der Waals surface area contributed by atoms with E-state index in [9.17, 15) is 18.0 Å². The van der Waals surface area contributed by atoms with Crippen molar-refractivity contribution in [3.63, 3.8) is 0 Å². The predicted molar refractivity (Wildman–Crippen MR) is 101 cm³/mol. The fraction of sp³-hybridized carbons (Fsp3) is 0.312. The lowest BCUT2D eigenvalue weighted by molar-refractivity contribution is -0.137. The van der Waals surface area contributed by atoms with Crippen LogP contribution in [0.2, 0.25) is 0 Å². The van der Waals surface area contributed by atoms with E-state index >= 15 is 0 Å². The summed E-state index contributed by atoms with van der Waals surface area (Å²) in [5, 5.41) is 0. The number of amides is 1. The van der Waals surface area contributed by atoms with Crippen LogP contribution in [0.1, 0.15) is 15.9 Å². The Morgan fingerprint density at radius 3 is 2.22 bits per heavy atom. The fourth-order valence-electron chi connectivity index (χ4n) is 2.63. The van der Waals surface area contributed by atoms with Gasteiger partial charge in [-0.1, -0.05) is 0 Å². The maximum atomic E-state index is 12.6. The fourth-order valence-corrected chi connectivity index (χ4v) is 2.63. The highest BCUT2D eigenvalue weighted by atomic mass is 35.5. The number of nitrogens with zero attached hydrogens (tertiary/aromatic N) is 4. The first-order valence-corrected chi connectivity index (χ1v) is 7.63. The monoisotopic (exact) mass is 423 g/mol. The van der Waals surface area contributed by atoms with Gasteiger partial charge in [-0.05, 0) is 18.2 Å². The van der Waals surface area contributed by atoms with E-state index in [4.69, 9.17) is 5.73 Å². The lowest BCUT2D eigenvalue weighted by Gasteiger charge is -2.35. The Kier molecular flexibility index (Phi) is 7.67. The number of aromatic nitrogens is 2. The molecule has 1 saturated heterocycles. The van der Waals surface area contributed by atoms with Gasteiger partial charge in [-0.2, -0.15) is 13.2 Å². The molecule has 1 aliphatic heterocycles. The number of hydrogen-bond donors (Lipinski definition) is 1. The minimum absolute atomic E-state index is 0. The topological polar surface area (TPSA) is 75.3 Å². The summed E-state index contributed by atoms with van der Waals surface area (Å²) in [5.41, 5.74) is 5.73. The van der Waals surface area contributed by atoms with E-state index in [1.807, 2.05) is 4.90 Å². The average molecular weight is 424 g/mol. The van der Waals surface area contributed by atoms with Gasteiger partial charge in [0.25, 0.3) is 5.91 Å². The van der Waals surface area contributed by atoms with E-state index in [2.05, 4.69) is 9.97 Å². The van der Waals surface area contributed by atoms with Gasteiger partial charge in [0.05, 0.1) is 11.1 Å². The van der Waals surface area contributed by atoms with E-state index in [1.54, 1.807) is 11.0 Å². The molecule has 0 unspecified atom stereocenters. The number of rotatable bonds is 2. The Bertz CT molecular complexity index is 765. The minimum Gasteiger partial charge on any atom is -0.398 e. The van der Waals surface area contributed by atoms with Crippen LogP contribution in [0.25, 0.3) is 0 Å². The van der Waals surface area contributed by atoms with Crippen LogP contribution in [0.4, 0.5) is 24.7 Å². The smallest absolute Gasteiger partial charge is 0.398 e. The summed E-state index contributed by atoms with van der Waals surface area (Å²) in [6.45, 7) is 1.81. The molecular weight excluding hydrogens is 406 g/mol. The Hall–Kier alpha value is -2.26. The van der Waals surface area contributed by atoms with Crippen molar-refractivity contribution in [3.8, 4) is 0 Å². The van der Waals surface area contributed by atoms with Crippen LogP contribution in [0, 0.1) is 0 Å². The molecule has 2 aromatic heterocycles. The summed E-state index contributed by atoms with van der Waals surface area (Å²) < 4.78 is 37.7. The third kappa shape index (κ3) is 5.14.